The summed E-state index contributed by atoms with van der Waals surface area (Å²) in [5, 5.41) is 3.54. The first-order valence-electron chi connectivity index (χ1n) is 5.75. The van der Waals surface area contributed by atoms with Crippen LogP contribution in [0.5, 0.6) is 0 Å². The van der Waals surface area contributed by atoms with Gasteiger partial charge in [0, 0.05) is 18.1 Å². The normalized spacial score (nSPS) is 14.1. The molecule has 1 aromatic rings. The van der Waals surface area contributed by atoms with Gasteiger partial charge in [0.05, 0.1) is 5.41 Å². The maximum Gasteiger partial charge on any atom is 0.227 e. The molecule has 3 nitrogen and oxygen atoms in total. The minimum Gasteiger partial charge on any atom is -0.351 e. The van der Waals surface area contributed by atoms with Gasteiger partial charge in [0.15, 0.2) is 0 Å². The van der Waals surface area contributed by atoms with E-state index in [1.54, 1.807) is 0 Å². The van der Waals surface area contributed by atoms with Crippen LogP contribution in [0.25, 0.3) is 0 Å². The van der Waals surface area contributed by atoms with Crippen molar-refractivity contribution in [2.75, 3.05) is 6.54 Å². The average molecular weight is 255 g/mol. The molecule has 4 heteroatoms. The van der Waals surface area contributed by atoms with Gasteiger partial charge in [-0.05, 0) is 25.0 Å². The summed E-state index contributed by atoms with van der Waals surface area (Å²) in [7, 11) is 0. The summed E-state index contributed by atoms with van der Waals surface area (Å²) in [6.07, 6.45) is 0.720. The highest BCUT2D eigenvalue weighted by molar-refractivity contribution is 6.31. The highest BCUT2D eigenvalue weighted by Gasteiger charge is 2.29. The molecule has 0 saturated carbocycles. The number of rotatable bonds is 5. The number of halogens is 1. The zero-order valence-electron chi connectivity index (χ0n) is 10.3. The lowest BCUT2D eigenvalue weighted by Gasteiger charge is -2.25. The van der Waals surface area contributed by atoms with E-state index in [9.17, 15) is 4.79 Å². The summed E-state index contributed by atoms with van der Waals surface area (Å²) in [6, 6.07) is 7.47. The number of amides is 1. The Bertz CT molecular complexity index is 389. The quantitative estimate of drug-likeness (QED) is 0.847. The fraction of sp³-hybridized carbons (Fsp3) is 0.462. The van der Waals surface area contributed by atoms with Crippen LogP contribution in [0.1, 0.15) is 25.8 Å². The molecule has 0 spiro atoms. The standard InChI is InChI=1S/C13H19ClN2O/c1-3-13(2,9-15)12(17)16-8-10-6-4-5-7-11(10)14/h4-7H,3,8-9,15H2,1-2H3,(H,16,17). The van der Waals surface area contributed by atoms with Crippen molar-refractivity contribution in [3.63, 3.8) is 0 Å². The number of benzene rings is 1. The summed E-state index contributed by atoms with van der Waals surface area (Å²) in [5.41, 5.74) is 6.05. The molecule has 3 N–H and O–H groups in total. The van der Waals surface area contributed by atoms with E-state index < -0.39 is 5.41 Å². The van der Waals surface area contributed by atoms with Crippen LogP contribution in [-0.2, 0) is 11.3 Å². The molecule has 1 amide bonds. The van der Waals surface area contributed by atoms with Crippen LogP contribution in [0.2, 0.25) is 5.02 Å². The van der Waals surface area contributed by atoms with Gasteiger partial charge in [-0.25, -0.2) is 0 Å². The van der Waals surface area contributed by atoms with Gasteiger partial charge in [-0.15, -0.1) is 0 Å². The third-order valence-corrected chi connectivity index (χ3v) is 3.54. The lowest BCUT2D eigenvalue weighted by Crippen LogP contribution is -2.43. The van der Waals surface area contributed by atoms with Gasteiger partial charge >= 0.3 is 0 Å². The Balaban J connectivity index is 2.63. The van der Waals surface area contributed by atoms with E-state index in [1.807, 2.05) is 38.1 Å². The number of carbonyl (C=O) groups is 1. The summed E-state index contributed by atoms with van der Waals surface area (Å²) in [6.45, 7) is 4.61. The highest BCUT2D eigenvalue weighted by Crippen LogP contribution is 2.20. The van der Waals surface area contributed by atoms with Gasteiger partial charge in [0.2, 0.25) is 5.91 Å². The Labute approximate surface area is 107 Å². The Kier molecular flexibility index (Phi) is 4.97. The molecule has 0 aliphatic rings. The molecule has 1 unspecified atom stereocenters. The lowest BCUT2D eigenvalue weighted by molar-refractivity contribution is -0.130. The molecule has 0 aliphatic carbocycles. The Morgan fingerprint density at radius 3 is 2.65 bits per heavy atom. The number of carbonyl (C=O) groups excluding carboxylic acids is 1. The van der Waals surface area contributed by atoms with Gasteiger partial charge in [0.25, 0.3) is 0 Å². The summed E-state index contributed by atoms with van der Waals surface area (Å²) < 4.78 is 0. The fourth-order valence-electron chi connectivity index (χ4n) is 1.43. The molecule has 94 valence electrons. The SMILES string of the molecule is CCC(C)(CN)C(=O)NCc1ccccc1Cl. The minimum atomic E-state index is -0.499. The molecule has 0 heterocycles. The van der Waals surface area contributed by atoms with Gasteiger partial charge in [-0.3, -0.25) is 4.79 Å². The van der Waals surface area contributed by atoms with Crippen LogP contribution in [0.15, 0.2) is 24.3 Å². The van der Waals surface area contributed by atoms with Crippen molar-refractivity contribution in [2.24, 2.45) is 11.1 Å². The van der Waals surface area contributed by atoms with E-state index in [-0.39, 0.29) is 5.91 Å². The maximum atomic E-state index is 12.0. The number of hydrogen-bond acceptors (Lipinski definition) is 2. The van der Waals surface area contributed by atoms with Crippen LogP contribution < -0.4 is 11.1 Å². The molecule has 1 rings (SSSR count). The molecule has 0 saturated heterocycles. The van der Waals surface area contributed by atoms with Gasteiger partial charge < -0.3 is 11.1 Å². The summed E-state index contributed by atoms with van der Waals surface area (Å²) in [5.74, 6) is -0.0255. The molecule has 0 radical (unpaired) electrons. The summed E-state index contributed by atoms with van der Waals surface area (Å²) in [4.78, 5) is 12.0. The first kappa shape index (κ1) is 14.0. The number of nitrogens with two attached hydrogens (primary N) is 1. The third-order valence-electron chi connectivity index (χ3n) is 3.18. The van der Waals surface area contributed by atoms with Gasteiger partial charge in [-0.1, -0.05) is 36.7 Å². The van der Waals surface area contributed by atoms with E-state index in [0.717, 1.165) is 12.0 Å². The monoisotopic (exact) mass is 254 g/mol. The fourth-order valence-corrected chi connectivity index (χ4v) is 1.63. The molecule has 0 aromatic heterocycles. The Morgan fingerprint density at radius 2 is 2.12 bits per heavy atom. The molecule has 1 aromatic carbocycles. The van der Waals surface area contributed by atoms with E-state index in [0.29, 0.717) is 18.1 Å². The van der Waals surface area contributed by atoms with Crippen LogP contribution in [0.4, 0.5) is 0 Å². The molecule has 0 fully saturated rings. The first-order valence-corrected chi connectivity index (χ1v) is 6.13. The molecule has 17 heavy (non-hydrogen) atoms. The van der Waals surface area contributed by atoms with E-state index in [2.05, 4.69) is 5.32 Å². The van der Waals surface area contributed by atoms with Crippen molar-refractivity contribution >= 4 is 17.5 Å². The zero-order chi connectivity index (χ0) is 12.9. The summed E-state index contributed by atoms with van der Waals surface area (Å²) >= 11 is 6.01. The van der Waals surface area contributed by atoms with Crippen LogP contribution in [0.3, 0.4) is 0 Å². The van der Waals surface area contributed by atoms with Crippen LogP contribution >= 0.6 is 11.6 Å². The van der Waals surface area contributed by atoms with Crippen molar-refractivity contribution < 1.29 is 4.79 Å². The first-order chi connectivity index (χ1) is 8.03. The molecule has 0 bridgehead atoms. The van der Waals surface area contributed by atoms with Gasteiger partial charge in [-0.2, -0.15) is 0 Å². The Hall–Kier alpha value is -1.06. The van der Waals surface area contributed by atoms with Crippen molar-refractivity contribution in [3.05, 3.63) is 34.9 Å². The van der Waals surface area contributed by atoms with E-state index in [4.69, 9.17) is 17.3 Å². The van der Waals surface area contributed by atoms with Crippen molar-refractivity contribution in [2.45, 2.75) is 26.8 Å². The molecular weight excluding hydrogens is 236 g/mol. The largest absolute Gasteiger partial charge is 0.351 e. The van der Waals surface area contributed by atoms with Crippen molar-refractivity contribution in [1.29, 1.82) is 0 Å². The lowest BCUT2D eigenvalue weighted by atomic mass is 9.86. The smallest absolute Gasteiger partial charge is 0.227 e. The second-order valence-corrected chi connectivity index (χ2v) is 4.80. The van der Waals surface area contributed by atoms with Gasteiger partial charge in [0.1, 0.15) is 0 Å². The predicted octanol–water partition coefficient (Wildman–Crippen LogP) is 2.33. The third kappa shape index (κ3) is 3.45. The molecule has 0 aliphatic heterocycles. The molecular formula is C13H19ClN2O. The Morgan fingerprint density at radius 1 is 1.47 bits per heavy atom. The van der Waals surface area contributed by atoms with Crippen molar-refractivity contribution in [1.82, 2.24) is 5.32 Å². The number of hydrogen-bond donors (Lipinski definition) is 2. The van der Waals surface area contributed by atoms with E-state index in [1.165, 1.54) is 0 Å². The van der Waals surface area contributed by atoms with E-state index >= 15 is 0 Å². The predicted molar refractivity (Wildman–Crippen MR) is 70.8 cm³/mol. The zero-order valence-corrected chi connectivity index (χ0v) is 11.1. The number of nitrogens with one attached hydrogen (secondary N) is 1. The maximum absolute atomic E-state index is 12.0. The highest BCUT2D eigenvalue weighted by atomic mass is 35.5. The average Bonchev–Trinajstić information content (AvgIpc) is 2.36. The minimum absolute atomic E-state index is 0.0255. The topological polar surface area (TPSA) is 55.1 Å². The second-order valence-electron chi connectivity index (χ2n) is 4.39. The van der Waals surface area contributed by atoms with Crippen LogP contribution in [0, 0.1) is 5.41 Å². The molecule has 1 atom stereocenters. The second kappa shape index (κ2) is 6.03. The van der Waals surface area contributed by atoms with Crippen LogP contribution in [-0.4, -0.2) is 12.5 Å². The van der Waals surface area contributed by atoms with Crippen molar-refractivity contribution in [3.8, 4) is 0 Å².